The molecular formula is C68H115NO8. The van der Waals surface area contributed by atoms with Crippen molar-refractivity contribution in [3.8, 4) is 0 Å². The van der Waals surface area contributed by atoms with Crippen LogP contribution in [0, 0.1) is 0 Å². The number of carbonyl (C=O) groups excluding carboxylic acids is 3. The Kier molecular flexibility index (Phi) is 55.1. The first-order valence-electron chi connectivity index (χ1n) is 31.0. The number of esters is 2. The Morgan fingerprint density at radius 1 is 0.390 bits per heavy atom. The summed E-state index contributed by atoms with van der Waals surface area (Å²) in [6.45, 7) is 4.48. The molecule has 0 radical (unpaired) electrons. The molecule has 0 aromatic rings. The molecule has 0 aliphatic rings. The highest BCUT2D eigenvalue weighted by atomic mass is 16.7. The fraction of sp³-hybridized carbons (Fsp3) is 0.691. The van der Waals surface area contributed by atoms with Crippen LogP contribution >= 0.6 is 0 Å². The molecule has 9 nitrogen and oxygen atoms in total. The van der Waals surface area contributed by atoms with E-state index in [0.717, 1.165) is 96.3 Å². The molecule has 0 rings (SSSR count). The van der Waals surface area contributed by atoms with Crippen LogP contribution in [0.5, 0.6) is 0 Å². The number of carboxylic acids is 1. The maximum atomic E-state index is 12.9. The van der Waals surface area contributed by atoms with Gasteiger partial charge in [-0.25, -0.2) is 0 Å². The zero-order chi connectivity index (χ0) is 56.2. The first-order valence-corrected chi connectivity index (χ1v) is 31.0. The number of ether oxygens (including phenoxy) is 4. The summed E-state index contributed by atoms with van der Waals surface area (Å²) in [5.41, 5.74) is 0. The number of likely N-dealkylation sites (N-methyl/N-ethyl adjacent to an activating group) is 1. The summed E-state index contributed by atoms with van der Waals surface area (Å²) in [5.74, 6) is -2.32. The molecule has 0 saturated carbocycles. The van der Waals surface area contributed by atoms with E-state index in [4.69, 9.17) is 18.9 Å². The zero-order valence-electron chi connectivity index (χ0n) is 50.0. The molecule has 0 N–H and O–H groups in total. The number of rotatable bonds is 56. The highest BCUT2D eigenvalue weighted by molar-refractivity contribution is 5.70. The molecule has 440 valence electrons. The number of hydrogen-bond donors (Lipinski definition) is 0. The van der Waals surface area contributed by atoms with E-state index in [2.05, 4.69) is 123 Å². The summed E-state index contributed by atoms with van der Waals surface area (Å²) in [7, 11) is 5.91. The van der Waals surface area contributed by atoms with E-state index in [0.29, 0.717) is 23.9 Å². The molecule has 0 bridgehead atoms. The maximum Gasteiger partial charge on any atom is 0.306 e. The van der Waals surface area contributed by atoms with Crippen molar-refractivity contribution < 1.29 is 42.9 Å². The summed E-state index contributed by atoms with van der Waals surface area (Å²) >= 11 is 0. The second-order valence-corrected chi connectivity index (χ2v) is 21.6. The van der Waals surface area contributed by atoms with E-state index in [1.807, 2.05) is 21.1 Å². The van der Waals surface area contributed by atoms with Crippen LogP contribution in [-0.2, 0) is 33.3 Å². The lowest BCUT2D eigenvalue weighted by Crippen LogP contribution is -2.44. The van der Waals surface area contributed by atoms with Gasteiger partial charge in [-0.3, -0.25) is 9.59 Å². The smallest absolute Gasteiger partial charge is 0.306 e. The number of quaternary nitrogens is 1. The Labute approximate surface area is 473 Å². The van der Waals surface area contributed by atoms with Gasteiger partial charge in [-0.05, 0) is 96.3 Å². The molecule has 2 unspecified atom stereocenters. The molecule has 0 spiro atoms. The van der Waals surface area contributed by atoms with Gasteiger partial charge in [0, 0.05) is 12.8 Å². The van der Waals surface area contributed by atoms with Crippen LogP contribution in [-0.4, -0.2) is 82.3 Å². The highest BCUT2D eigenvalue weighted by Gasteiger charge is 2.22. The molecule has 0 aliphatic carbocycles. The van der Waals surface area contributed by atoms with Crippen molar-refractivity contribution in [1.82, 2.24) is 0 Å². The van der Waals surface area contributed by atoms with Crippen LogP contribution in [0.2, 0.25) is 0 Å². The lowest BCUT2D eigenvalue weighted by molar-refractivity contribution is -0.870. The van der Waals surface area contributed by atoms with E-state index < -0.39 is 24.3 Å². The molecule has 77 heavy (non-hydrogen) atoms. The van der Waals surface area contributed by atoms with Crippen molar-refractivity contribution >= 4 is 17.9 Å². The minimum atomic E-state index is -1.63. The normalized spacial score (nSPS) is 13.5. The maximum absolute atomic E-state index is 12.9. The number of carbonyl (C=O) groups is 3. The second kappa shape index (κ2) is 58.1. The molecule has 2 atom stereocenters. The first kappa shape index (κ1) is 73.0. The molecule has 0 saturated heterocycles. The van der Waals surface area contributed by atoms with Gasteiger partial charge in [0.15, 0.2) is 12.4 Å². The van der Waals surface area contributed by atoms with Crippen LogP contribution in [0.4, 0.5) is 0 Å². The predicted octanol–water partition coefficient (Wildman–Crippen LogP) is 17.3. The third kappa shape index (κ3) is 59.5. The monoisotopic (exact) mass is 1070 g/mol. The topological polar surface area (TPSA) is 111 Å². The lowest BCUT2D eigenvalue weighted by atomic mass is 10.0. The standard InChI is InChI=1S/C68H115NO8/c1-6-8-10-12-14-16-18-20-21-22-23-24-25-26-27-28-29-30-31-32-33-34-35-36-37-38-39-40-41-42-43-44-45-47-49-51-53-55-57-59-66(71)77-64(63-76-68(67(72)73)74-61-60-69(3,4)5)62-75-65(70)58-56-54-52-50-48-46-19-17-15-13-11-9-7-2/h8-11,14-17,20-21,23-24,26-27,29-30,46,48,64,68H,6-7,12-13,18-19,22,25,28,31-45,47,49-63H2,1-5H3/b10-8-,11-9-,16-14-,17-15-,21-20-,24-23-,27-26-,30-29-,48-46-. The van der Waals surface area contributed by atoms with Crippen LogP contribution < -0.4 is 5.11 Å². The molecule has 0 aromatic carbocycles. The van der Waals surface area contributed by atoms with E-state index in [9.17, 15) is 19.5 Å². The third-order valence-corrected chi connectivity index (χ3v) is 13.0. The second-order valence-electron chi connectivity index (χ2n) is 21.6. The highest BCUT2D eigenvalue weighted by Crippen LogP contribution is 2.16. The van der Waals surface area contributed by atoms with Gasteiger partial charge in [0.2, 0.25) is 0 Å². The van der Waals surface area contributed by atoms with Gasteiger partial charge in [-0.2, -0.15) is 0 Å². The van der Waals surface area contributed by atoms with Gasteiger partial charge in [0.1, 0.15) is 13.2 Å². The summed E-state index contributed by atoms with van der Waals surface area (Å²) in [5, 5.41) is 11.8. The number of carboxylic acid groups (broad SMARTS) is 1. The largest absolute Gasteiger partial charge is 0.545 e. The average Bonchev–Trinajstić information content (AvgIpc) is 3.40. The summed E-state index contributed by atoms with van der Waals surface area (Å²) in [4.78, 5) is 37.2. The Morgan fingerprint density at radius 3 is 1.05 bits per heavy atom. The fourth-order valence-electron chi connectivity index (χ4n) is 8.32. The lowest BCUT2D eigenvalue weighted by Gasteiger charge is -2.26. The van der Waals surface area contributed by atoms with Crippen molar-refractivity contribution in [1.29, 1.82) is 0 Å². The van der Waals surface area contributed by atoms with Gasteiger partial charge in [-0.15, -0.1) is 0 Å². The molecule has 9 heteroatoms. The third-order valence-electron chi connectivity index (χ3n) is 13.0. The Balaban J connectivity index is 4.01. The number of unbranched alkanes of at least 4 members (excludes halogenated alkanes) is 23. The van der Waals surface area contributed by atoms with Crippen LogP contribution in [0.25, 0.3) is 0 Å². The number of aliphatic carboxylic acids is 1. The molecule has 0 amide bonds. The van der Waals surface area contributed by atoms with E-state index >= 15 is 0 Å². The number of hydrogen-bond acceptors (Lipinski definition) is 8. The van der Waals surface area contributed by atoms with Crippen LogP contribution in [0.3, 0.4) is 0 Å². The molecule has 0 heterocycles. The first-order chi connectivity index (χ1) is 37.6. The van der Waals surface area contributed by atoms with E-state index in [-0.39, 0.29) is 38.6 Å². The number of allylic oxidation sites excluding steroid dienone is 18. The zero-order valence-corrected chi connectivity index (χ0v) is 50.0. The van der Waals surface area contributed by atoms with Gasteiger partial charge in [0.25, 0.3) is 0 Å². The Bertz CT molecular complexity index is 1630. The SMILES string of the molecule is CC/C=C\C/C=C\C/C=C\C/C=C\C/C=C\C/C=C\CCCCCCCCCCCCCCCCCCCCCCC(=O)OC(COC(=O)CCCCC/C=C\C/C=C\C/C=C\CC)COC(OCC[N+](C)(C)C)C(=O)[O-]. The van der Waals surface area contributed by atoms with E-state index in [1.54, 1.807) is 0 Å². The van der Waals surface area contributed by atoms with Crippen molar-refractivity contribution in [2.75, 3.05) is 47.5 Å². The van der Waals surface area contributed by atoms with Crippen molar-refractivity contribution in [2.24, 2.45) is 0 Å². The molecular weight excluding hydrogens is 959 g/mol. The van der Waals surface area contributed by atoms with Gasteiger partial charge in [0.05, 0.1) is 40.3 Å². The Hall–Kier alpha value is -4.05. The van der Waals surface area contributed by atoms with Crippen LogP contribution in [0.15, 0.2) is 109 Å². The minimum Gasteiger partial charge on any atom is -0.545 e. The summed E-state index contributed by atoms with van der Waals surface area (Å²) in [6.07, 6.45) is 77.5. The van der Waals surface area contributed by atoms with Crippen molar-refractivity contribution in [3.05, 3.63) is 109 Å². The van der Waals surface area contributed by atoms with Crippen molar-refractivity contribution in [3.63, 3.8) is 0 Å². The summed E-state index contributed by atoms with van der Waals surface area (Å²) < 4.78 is 22.6. The average molecular weight is 1070 g/mol. The summed E-state index contributed by atoms with van der Waals surface area (Å²) in [6, 6.07) is 0. The molecule has 0 fully saturated rings. The minimum absolute atomic E-state index is 0.140. The number of nitrogens with zero attached hydrogens (tertiary/aromatic N) is 1. The Morgan fingerprint density at radius 2 is 0.701 bits per heavy atom. The van der Waals surface area contributed by atoms with E-state index in [1.165, 1.54) is 109 Å². The van der Waals surface area contributed by atoms with Gasteiger partial charge < -0.3 is 33.3 Å². The van der Waals surface area contributed by atoms with Crippen LogP contribution in [0.1, 0.15) is 245 Å². The molecule has 0 aliphatic heterocycles. The van der Waals surface area contributed by atoms with Gasteiger partial charge >= 0.3 is 11.9 Å². The molecule has 0 aromatic heterocycles. The predicted molar refractivity (Wildman–Crippen MR) is 324 cm³/mol. The van der Waals surface area contributed by atoms with Gasteiger partial charge in [-0.1, -0.05) is 245 Å². The quantitative estimate of drug-likeness (QED) is 0.0195. The fourth-order valence-corrected chi connectivity index (χ4v) is 8.32. The van der Waals surface area contributed by atoms with Crippen molar-refractivity contribution in [2.45, 2.75) is 257 Å².